The standard InChI is InChI=1S/C28H33ClN8O4/c1-38-23-15-19(29)22(16-24(23)39-2)41-27-17-25(30-18-26-31-20-5-3-4-6-21(20)32-26)33-28(34-27)35-7-9-36(10-8-35)37-11-13-40-14-12-37/h3-6,15-17H,7-14,18H2,1-2H3,(H,31,32)(H,30,33,34). The Kier molecular flexibility index (Phi) is 8.23. The van der Waals surface area contributed by atoms with Crippen molar-refractivity contribution >= 4 is 34.4 Å². The van der Waals surface area contributed by atoms with Crippen molar-refractivity contribution < 1.29 is 18.9 Å². The SMILES string of the molecule is COc1cc(Cl)c(Oc2cc(NCc3nc4ccccc4[nH]3)nc(N3CCN(N4CCOCC4)CC3)n2)cc1OC. The molecular weight excluding hydrogens is 548 g/mol. The van der Waals surface area contributed by atoms with Crippen LogP contribution >= 0.6 is 11.6 Å². The Bertz CT molecular complexity index is 1450. The Labute approximate surface area is 243 Å². The number of ether oxygens (including phenoxy) is 4. The molecule has 4 heterocycles. The first-order chi connectivity index (χ1) is 20.1. The third kappa shape index (κ3) is 6.25. The number of hydrogen-bond acceptors (Lipinski definition) is 11. The lowest BCUT2D eigenvalue weighted by atomic mass is 10.3. The van der Waals surface area contributed by atoms with Crippen molar-refractivity contribution in [2.24, 2.45) is 0 Å². The molecule has 0 radical (unpaired) electrons. The second-order valence-corrected chi connectivity index (χ2v) is 10.1. The molecule has 0 spiro atoms. The van der Waals surface area contributed by atoms with Gasteiger partial charge < -0.3 is 34.1 Å². The van der Waals surface area contributed by atoms with Crippen LogP contribution in [0.4, 0.5) is 11.8 Å². The number of para-hydroxylation sites is 2. The van der Waals surface area contributed by atoms with Crippen LogP contribution in [0.1, 0.15) is 5.82 Å². The summed E-state index contributed by atoms with van der Waals surface area (Å²) in [4.78, 5) is 19.8. The summed E-state index contributed by atoms with van der Waals surface area (Å²) >= 11 is 6.52. The summed E-state index contributed by atoms with van der Waals surface area (Å²) in [5.74, 6) is 3.76. The Morgan fingerprint density at radius 1 is 0.878 bits per heavy atom. The van der Waals surface area contributed by atoms with Gasteiger partial charge in [0, 0.05) is 57.5 Å². The largest absolute Gasteiger partial charge is 0.493 e. The van der Waals surface area contributed by atoms with Gasteiger partial charge in [-0.15, -0.1) is 0 Å². The van der Waals surface area contributed by atoms with Gasteiger partial charge in [-0.2, -0.15) is 9.97 Å². The number of fused-ring (bicyclic) bond motifs is 1. The minimum atomic E-state index is 0.354. The van der Waals surface area contributed by atoms with Crippen molar-refractivity contribution in [3.8, 4) is 23.1 Å². The molecule has 216 valence electrons. The summed E-state index contributed by atoms with van der Waals surface area (Å²) in [6.45, 7) is 7.12. The van der Waals surface area contributed by atoms with Crippen LogP contribution < -0.4 is 24.4 Å². The summed E-state index contributed by atoms with van der Waals surface area (Å²) in [6.07, 6.45) is 0. The number of morpholine rings is 1. The number of rotatable bonds is 9. The quantitative estimate of drug-likeness (QED) is 0.301. The number of nitrogens with zero attached hydrogens (tertiary/aromatic N) is 6. The van der Waals surface area contributed by atoms with Gasteiger partial charge >= 0.3 is 0 Å². The molecule has 2 saturated heterocycles. The predicted octanol–water partition coefficient (Wildman–Crippen LogP) is 3.80. The molecular formula is C28H33ClN8O4. The number of methoxy groups -OCH3 is 2. The van der Waals surface area contributed by atoms with Crippen molar-refractivity contribution in [2.75, 3.05) is 76.9 Å². The van der Waals surface area contributed by atoms with E-state index < -0.39 is 0 Å². The first kappa shape index (κ1) is 27.3. The van der Waals surface area contributed by atoms with Crippen LogP contribution in [-0.2, 0) is 11.3 Å². The molecule has 4 aromatic rings. The van der Waals surface area contributed by atoms with Crippen molar-refractivity contribution in [1.82, 2.24) is 30.0 Å². The van der Waals surface area contributed by atoms with E-state index in [0.717, 1.165) is 69.3 Å². The van der Waals surface area contributed by atoms with Crippen molar-refractivity contribution in [1.29, 1.82) is 0 Å². The number of hydrogen-bond donors (Lipinski definition) is 2. The zero-order valence-corrected chi connectivity index (χ0v) is 23.9. The molecule has 41 heavy (non-hydrogen) atoms. The highest BCUT2D eigenvalue weighted by Crippen LogP contribution is 2.39. The number of halogens is 1. The second kappa shape index (κ2) is 12.4. The number of hydrazine groups is 1. The van der Waals surface area contributed by atoms with Crippen LogP contribution in [0.5, 0.6) is 23.1 Å². The summed E-state index contributed by atoms with van der Waals surface area (Å²) in [5.41, 5.74) is 1.90. The number of benzene rings is 2. The van der Waals surface area contributed by atoms with Gasteiger partial charge in [-0.1, -0.05) is 23.7 Å². The molecule has 2 aliphatic heterocycles. The smallest absolute Gasteiger partial charge is 0.230 e. The Morgan fingerprint density at radius 2 is 1.61 bits per heavy atom. The number of imidazole rings is 1. The number of nitrogens with one attached hydrogen (secondary N) is 2. The fraction of sp³-hybridized carbons (Fsp3) is 0.393. The summed E-state index contributed by atoms with van der Waals surface area (Å²) in [7, 11) is 3.12. The predicted molar refractivity (Wildman–Crippen MR) is 156 cm³/mol. The van der Waals surface area contributed by atoms with E-state index in [9.17, 15) is 0 Å². The first-order valence-electron chi connectivity index (χ1n) is 13.6. The minimum Gasteiger partial charge on any atom is -0.493 e. The van der Waals surface area contributed by atoms with E-state index in [0.29, 0.717) is 46.5 Å². The molecule has 0 saturated carbocycles. The molecule has 0 amide bonds. The zero-order valence-electron chi connectivity index (χ0n) is 23.1. The maximum Gasteiger partial charge on any atom is 0.230 e. The normalized spacial score (nSPS) is 16.6. The molecule has 2 aromatic carbocycles. The molecule has 0 atom stereocenters. The number of aromatic amines is 1. The van der Waals surface area contributed by atoms with Crippen molar-refractivity contribution in [3.05, 3.63) is 53.3 Å². The van der Waals surface area contributed by atoms with Gasteiger partial charge in [0.05, 0.1) is 50.0 Å². The molecule has 2 N–H and O–H groups in total. The molecule has 13 heteroatoms. The fourth-order valence-electron chi connectivity index (χ4n) is 5.00. The first-order valence-corrected chi connectivity index (χ1v) is 14.0. The summed E-state index contributed by atoms with van der Waals surface area (Å²) in [6, 6.07) is 13.0. The molecule has 12 nitrogen and oxygen atoms in total. The van der Waals surface area contributed by atoms with Crippen LogP contribution in [0.15, 0.2) is 42.5 Å². The van der Waals surface area contributed by atoms with E-state index in [4.69, 9.17) is 40.5 Å². The van der Waals surface area contributed by atoms with Gasteiger partial charge in [0.2, 0.25) is 11.8 Å². The maximum atomic E-state index is 6.52. The third-order valence-electron chi connectivity index (χ3n) is 7.15. The van der Waals surface area contributed by atoms with E-state index in [-0.39, 0.29) is 0 Å². The zero-order chi connectivity index (χ0) is 28.2. The maximum absolute atomic E-state index is 6.52. The van der Waals surface area contributed by atoms with Crippen LogP contribution in [0.25, 0.3) is 11.0 Å². The number of anilines is 2. The molecule has 0 bridgehead atoms. The highest BCUT2D eigenvalue weighted by Gasteiger charge is 2.25. The monoisotopic (exact) mass is 580 g/mol. The summed E-state index contributed by atoms with van der Waals surface area (Å²) in [5, 5.41) is 8.52. The number of aromatic nitrogens is 4. The third-order valence-corrected chi connectivity index (χ3v) is 7.44. The topological polar surface area (TPSA) is 113 Å². The van der Waals surface area contributed by atoms with Crippen molar-refractivity contribution in [3.63, 3.8) is 0 Å². The summed E-state index contributed by atoms with van der Waals surface area (Å²) < 4.78 is 22.5. The molecule has 2 fully saturated rings. The Balaban J connectivity index is 1.24. The lowest BCUT2D eigenvalue weighted by Crippen LogP contribution is -2.56. The molecule has 0 unspecified atom stereocenters. The molecule has 2 aromatic heterocycles. The molecule has 2 aliphatic rings. The second-order valence-electron chi connectivity index (χ2n) is 9.69. The van der Waals surface area contributed by atoms with Gasteiger partial charge in [0.25, 0.3) is 0 Å². The van der Waals surface area contributed by atoms with Gasteiger partial charge in [-0.3, -0.25) is 0 Å². The number of H-pyrrole nitrogens is 1. The van der Waals surface area contributed by atoms with Gasteiger partial charge in [-0.05, 0) is 12.1 Å². The van der Waals surface area contributed by atoms with Crippen LogP contribution in [0.2, 0.25) is 5.02 Å². The molecule has 6 rings (SSSR count). The van der Waals surface area contributed by atoms with Crippen LogP contribution in [-0.4, -0.2) is 96.7 Å². The average Bonchev–Trinajstić information content (AvgIpc) is 3.44. The molecule has 0 aliphatic carbocycles. The van der Waals surface area contributed by atoms with E-state index in [1.165, 1.54) is 0 Å². The average molecular weight is 581 g/mol. The lowest BCUT2D eigenvalue weighted by Gasteiger charge is -2.42. The van der Waals surface area contributed by atoms with Crippen LogP contribution in [0.3, 0.4) is 0 Å². The highest BCUT2D eigenvalue weighted by molar-refractivity contribution is 6.32. The van der Waals surface area contributed by atoms with Crippen molar-refractivity contribution in [2.45, 2.75) is 6.54 Å². The van der Waals surface area contributed by atoms with E-state index in [2.05, 4.69) is 30.2 Å². The number of piperazine rings is 1. The Morgan fingerprint density at radius 3 is 2.37 bits per heavy atom. The van der Waals surface area contributed by atoms with E-state index in [1.807, 2.05) is 24.3 Å². The lowest BCUT2D eigenvalue weighted by molar-refractivity contribution is -0.0920. The fourth-order valence-corrected chi connectivity index (χ4v) is 5.19. The minimum absolute atomic E-state index is 0.354. The van der Waals surface area contributed by atoms with Gasteiger partial charge in [0.15, 0.2) is 17.2 Å². The van der Waals surface area contributed by atoms with Gasteiger partial charge in [0.1, 0.15) is 11.6 Å². The van der Waals surface area contributed by atoms with Crippen LogP contribution in [0, 0.1) is 0 Å². The highest BCUT2D eigenvalue weighted by atomic mass is 35.5. The van der Waals surface area contributed by atoms with E-state index >= 15 is 0 Å². The van der Waals surface area contributed by atoms with Gasteiger partial charge in [-0.25, -0.2) is 15.0 Å². The Hall–Kier alpha value is -3.84. The van der Waals surface area contributed by atoms with E-state index in [1.54, 1.807) is 32.4 Å².